The van der Waals surface area contributed by atoms with E-state index in [9.17, 15) is 9.59 Å². The van der Waals surface area contributed by atoms with Gasteiger partial charge < -0.3 is 10.2 Å². The van der Waals surface area contributed by atoms with Crippen LogP contribution in [-0.2, 0) is 0 Å². The van der Waals surface area contributed by atoms with Gasteiger partial charge in [-0.2, -0.15) is 11.8 Å². The van der Waals surface area contributed by atoms with Crippen LogP contribution in [0.4, 0.5) is 0 Å². The molecule has 1 aromatic rings. The van der Waals surface area contributed by atoms with E-state index in [2.05, 4.69) is 15.3 Å². The van der Waals surface area contributed by atoms with Crippen LogP contribution in [0.15, 0.2) is 12.4 Å². The van der Waals surface area contributed by atoms with Crippen molar-refractivity contribution in [2.75, 3.05) is 24.6 Å². The third kappa shape index (κ3) is 3.40. The lowest BCUT2D eigenvalue weighted by molar-refractivity contribution is 0.0710. The minimum absolute atomic E-state index is 0.148. The summed E-state index contributed by atoms with van der Waals surface area (Å²) in [5, 5.41) is 2.96. The quantitative estimate of drug-likeness (QED) is 0.909. The second-order valence-corrected chi connectivity index (χ2v) is 6.79. The molecule has 6 nitrogen and oxygen atoms in total. The number of piperidine rings is 1. The van der Waals surface area contributed by atoms with Crippen LogP contribution in [0, 0.1) is 0 Å². The minimum Gasteiger partial charge on any atom is -0.347 e. The Labute approximate surface area is 134 Å². The van der Waals surface area contributed by atoms with E-state index in [1.165, 1.54) is 12.4 Å². The van der Waals surface area contributed by atoms with E-state index >= 15 is 0 Å². The predicted molar refractivity (Wildman–Crippen MR) is 85.0 cm³/mol. The number of nitrogens with one attached hydrogen (secondary N) is 1. The molecular formula is C15H20N4O2S. The van der Waals surface area contributed by atoms with Gasteiger partial charge in [-0.05, 0) is 31.4 Å². The van der Waals surface area contributed by atoms with E-state index in [1.807, 2.05) is 11.8 Å². The van der Waals surface area contributed by atoms with Crippen LogP contribution in [0.5, 0.6) is 0 Å². The van der Waals surface area contributed by atoms with Gasteiger partial charge in [-0.15, -0.1) is 0 Å². The van der Waals surface area contributed by atoms with Gasteiger partial charge in [0.25, 0.3) is 11.8 Å². The molecule has 2 aliphatic rings. The molecule has 3 heterocycles. The largest absolute Gasteiger partial charge is 0.347 e. The van der Waals surface area contributed by atoms with Crippen LogP contribution in [0.2, 0.25) is 0 Å². The zero-order chi connectivity index (χ0) is 15.4. The highest BCUT2D eigenvalue weighted by Gasteiger charge is 2.27. The Balaban J connectivity index is 1.76. The maximum atomic E-state index is 12.6. The first-order chi connectivity index (χ1) is 10.8. The number of carbonyl (C=O) groups is 2. The van der Waals surface area contributed by atoms with Gasteiger partial charge in [0, 0.05) is 37.3 Å². The van der Waals surface area contributed by atoms with Crippen LogP contribution >= 0.6 is 11.8 Å². The lowest BCUT2D eigenvalue weighted by Crippen LogP contribution is -2.40. The van der Waals surface area contributed by atoms with Gasteiger partial charge in [0.1, 0.15) is 0 Å². The van der Waals surface area contributed by atoms with Crippen LogP contribution in [0.25, 0.3) is 0 Å². The van der Waals surface area contributed by atoms with Gasteiger partial charge in [-0.3, -0.25) is 9.59 Å². The number of aromatic nitrogens is 2. The Bertz CT molecular complexity index is 554. The molecule has 0 radical (unpaired) electrons. The molecule has 2 aliphatic heterocycles. The molecule has 2 fully saturated rings. The van der Waals surface area contributed by atoms with Crippen LogP contribution < -0.4 is 5.32 Å². The van der Waals surface area contributed by atoms with Crippen molar-refractivity contribution in [3.8, 4) is 0 Å². The first-order valence-corrected chi connectivity index (χ1v) is 8.90. The van der Waals surface area contributed by atoms with E-state index in [0.717, 1.165) is 50.3 Å². The number of amides is 2. The van der Waals surface area contributed by atoms with Gasteiger partial charge in [0.15, 0.2) is 11.4 Å². The molecule has 118 valence electrons. The number of hydrogen-bond acceptors (Lipinski definition) is 5. The molecule has 1 N–H and O–H groups in total. The van der Waals surface area contributed by atoms with Gasteiger partial charge in [0.05, 0.1) is 0 Å². The monoisotopic (exact) mass is 320 g/mol. The fourth-order valence-electron chi connectivity index (χ4n) is 2.81. The summed E-state index contributed by atoms with van der Waals surface area (Å²) in [5.74, 6) is 1.51. The zero-order valence-corrected chi connectivity index (χ0v) is 13.3. The number of likely N-dealkylation sites (tertiary alicyclic amines) is 1. The first kappa shape index (κ1) is 15.3. The summed E-state index contributed by atoms with van der Waals surface area (Å²) in [6.07, 6.45) is 7.06. The number of thioether (sulfide) groups is 1. The molecule has 0 aromatic carbocycles. The first-order valence-electron chi connectivity index (χ1n) is 7.74. The highest BCUT2D eigenvalue weighted by atomic mass is 32.2. The normalized spacial score (nSPS) is 21.6. The summed E-state index contributed by atoms with van der Waals surface area (Å²) in [6, 6.07) is 0.164. The smallest absolute Gasteiger partial charge is 0.274 e. The minimum atomic E-state index is -0.291. The number of nitrogens with zero attached hydrogens (tertiary/aromatic N) is 3. The maximum Gasteiger partial charge on any atom is 0.274 e. The summed E-state index contributed by atoms with van der Waals surface area (Å²) < 4.78 is 0. The molecule has 0 bridgehead atoms. The lowest BCUT2D eigenvalue weighted by atomic mass is 10.1. The summed E-state index contributed by atoms with van der Waals surface area (Å²) in [6.45, 7) is 1.46. The summed E-state index contributed by atoms with van der Waals surface area (Å²) >= 11 is 1.83. The summed E-state index contributed by atoms with van der Waals surface area (Å²) in [7, 11) is 0. The van der Waals surface area contributed by atoms with Crippen molar-refractivity contribution >= 4 is 23.6 Å². The Morgan fingerprint density at radius 1 is 1.14 bits per heavy atom. The number of hydrogen-bond donors (Lipinski definition) is 1. The second-order valence-electron chi connectivity index (χ2n) is 5.64. The van der Waals surface area contributed by atoms with Gasteiger partial charge >= 0.3 is 0 Å². The average Bonchev–Trinajstić information content (AvgIpc) is 3.08. The highest BCUT2D eigenvalue weighted by molar-refractivity contribution is 7.99. The van der Waals surface area contributed by atoms with Crippen molar-refractivity contribution in [3.63, 3.8) is 0 Å². The fraction of sp³-hybridized carbons (Fsp3) is 0.600. The molecule has 0 aliphatic carbocycles. The zero-order valence-electron chi connectivity index (χ0n) is 12.5. The van der Waals surface area contributed by atoms with Crippen molar-refractivity contribution in [1.82, 2.24) is 20.2 Å². The van der Waals surface area contributed by atoms with E-state index in [0.29, 0.717) is 0 Å². The summed E-state index contributed by atoms with van der Waals surface area (Å²) in [4.78, 5) is 35.0. The van der Waals surface area contributed by atoms with Crippen molar-refractivity contribution in [3.05, 3.63) is 23.8 Å². The van der Waals surface area contributed by atoms with Crippen molar-refractivity contribution in [2.45, 2.75) is 31.7 Å². The molecule has 2 amide bonds. The van der Waals surface area contributed by atoms with E-state index in [4.69, 9.17) is 0 Å². The average molecular weight is 320 g/mol. The summed E-state index contributed by atoms with van der Waals surface area (Å²) in [5.41, 5.74) is 0.322. The fourth-order valence-corrected chi connectivity index (χ4v) is 3.96. The molecular weight excluding hydrogens is 300 g/mol. The molecule has 7 heteroatoms. The molecule has 2 saturated heterocycles. The molecule has 22 heavy (non-hydrogen) atoms. The van der Waals surface area contributed by atoms with Crippen molar-refractivity contribution in [1.29, 1.82) is 0 Å². The van der Waals surface area contributed by atoms with Crippen LogP contribution in [0.3, 0.4) is 0 Å². The van der Waals surface area contributed by atoms with Crippen molar-refractivity contribution < 1.29 is 9.59 Å². The third-order valence-corrected chi connectivity index (χ3v) is 5.19. The van der Waals surface area contributed by atoms with E-state index in [-0.39, 0.29) is 29.2 Å². The van der Waals surface area contributed by atoms with Crippen LogP contribution in [-0.4, -0.2) is 57.3 Å². The van der Waals surface area contributed by atoms with Gasteiger partial charge in [0.2, 0.25) is 0 Å². The topological polar surface area (TPSA) is 75.2 Å². The second kappa shape index (κ2) is 7.09. The third-order valence-electron chi connectivity index (χ3n) is 4.02. The predicted octanol–water partition coefficient (Wildman–Crippen LogP) is 1.34. The molecule has 0 spiro atoms. The Hall–Kier alpha value is -1.63. The SMILES string of the molecule is O=C(N[C@@H]1CCSC1)c1nccnc1C(=O)N1CCCCC1. The van der Waals surface area contributed by atoms with E-state index in [1.54, 1.807) is 4.90 Å². The lowest BCUT2D eigenvalue weighted by Gasteiger charge is -2.26. The highest BCUT2D eigenvalue weighted by Crippen LogP contribution is 2.18. The molecule has 1 aromatic heterocycles. The van der Waals surface area contributed by atoms with Gasteiger partial charge in [-0.1, -0.05) is 0 Å². The van der Waals surface area contributed by atoms with Crippen molar-refractivity contribution in [2.24, 2.45) is 0 Å². The molecule has 1 atom stereocenters. The Morgan fingerprint density at radius 2 is 1.86 bits per heavy atom. The molecule has 3 rings (SSSR count). The maximum absolute atomic E-state index is 12.6. The Kier molecular flexibility index (Phi) is 4.92. The van der Waals surface area contributed by atoms with Gasteiger partial charge in [-0.25, -0.2) is 9.97 Å². The van der Waals surface area contributed by atoms with Crippen LogP contribution in [0.1, 0.15) is 46.7 Å². The van der Waals surface area contributed by atoms with E-state index < -0.39 is 0 Å². The molecule has 0 saturated carbocycles. The molecule has 0 unspecified atom stereocenters. The Morgan fingerprint density at radius 3 is 2.55 bits per heavy atom. The number of carbonyl (C=O) groups excluding carboxylic acids is 2. The standard InChI is InChI=1S/C15H20N4O2S/c20-14(18-11-4-9-22-10-11)12-13(17-6-5-16-12)15(21)19-7-2-1-3-8-19/h5-6,11H,1-4,7-10H2,(H,18,20)/t11-/m1/s1. The number of rotatable bonds is 3.